The number of nitrogens with zero attached hydrogens (tertiary/aromatic N) is 3. The lowest BCUT2D eigenvalue weighted by atomic mass is 10.2. The van der Waals surface area contributed by atoms with Crippen molar-refractivity contribution in [3.8, 4) is 0 Å². The van der Waals surface area contributed by atoms with E-state index in [4.69, 9.17) is 11.6 Å². The number of hydrogen-bond donors (Lipinski definition) is 1. The van der Waals surface area contributed by atoms with Crippen molar-refractivity contribution in [2.75, 3.05) is 13.1 Å². The standard InChI is InChI=1S/C11H13ClN4O2.ClH/c12-10-3-2-9(6-14-10)7-15-5-1-4-13-11(15)8-16(17)18;/h2-3,6,8,13H,1,4-5,7H2;1H. The number of rotatable bonds is 3. The minimum absolute atomic E-state index is 0. The molecule has 19 heavy (non-hydrogen) atoms. The molecule has 0 bridgehead atoms. The maximum Gasteiger partial charge on any atom is 0.274 e. The molecule has 1 fully saturated rings. The lowest BCUT2D eigenvalue weighted by molar-refractivity contribution is -0.405. The average molecular weight is 305 g/mol. The number of halogens is 2. The van der Waals surface area contributed by atoms with Gasteiger partial charge >= 0.3 is 0 Å². The second kappa shape index (κ2) is 7.16. The zero-order valence-electron chi connectivity index (χ0n) is 10.1. The monoisotopic (exact) mass is 304 g/mol. The molecule has 0 atom stereocenters. The van der Waals surface area contributed by atoms with E-state index in [0.29, 0.717) is 17.5 Å². The van der Waals surface area contributed by atoms with Crippen molar-refractivity contribution in [1.82, 2.24) is 15.2 Å². The lowest BCUT2D eigenvalue weighted by Gasteiger charge is -2.30. The van der Waals surface area contributed by atoms with Gasteiger partial charge < -0.3 is 10.2 Å². The summed E-state index contributed by atoms with van der Waals surface area (Å²) in [4.78, 5) is 16.0. The van der Waals surface area contributed by atoms with Gasteiger partial charge in [-0.05, 0) is 18.1 Å². The Bertz CT molecular complexity index is 464. The van der Waals surface area contributed by atoms with Gasteiger partial charge in [0.1, 0.15) is 5.15 Å². The van der Waals surface area contributed by atoms with Gasteiger partial charge in [0.25, 0.3) is 6.20 Å². The van der Waals surface area contributed by atoms with E-state index in [1.54, 1.807) is 12.3 Å². The molecule has 1 saturated heterocycles. The van der Waals surface area contributed by atoms with Crippen molar-refractivity contribution < 1.29 is 4.92 Å². The summed E-state index contributed by atoms with van der Waals surface area (Å²) in [6, 6.07) is 3.58. The fourth-order valence-electron chi connectivity index (χ4n) is 1.83. The maximum absolute atomic E-state index is 10.5. The van der Waals surface area contributed by atoms with Crippen LogP contribution >= 0.6 is 24.0 Å². The van der Waals surface area contributed by atoms with Crippen molar-refractivity contribution in [2.24, 2.45) is 0 Å². The van der Waals surface area contributed by atoms with Gasteiger partial charge in [0, 0.05) is 25.8 Å². The predicted octanol–water partition coefficient (Wildman–Crippen LogP) is 2.03. The van der Waals surface area contributed by atoms with E-state index in [-0.39, 0.29) is 12.4 Å². The molecule has 2 rings (SSSR count). The number of nitro groups is 1. The first kappa shape index (κ1) is 15.5. The molecule has 1 N–H and O–H groups in total. The quantitative estimate of drug-likeness (QED) is 0.525. The summed E-state index contributed by atoms with van der Waals surface area (Å²) < 4.78 is 0. The van der Waals surface area contributed by atoms with Crippen LogP contribution in [0.5, 0.6) is 0 Å². The Labute approximate surface area is 122 Å². The average Bonchev–Trinajstić information content (AvgIpc) is 2.34. The Morgan fingerprint density at radius 1 is 1.58 bits per heavy atom. The molecular weight excluding hydrogens is 291 g/mol. The summed E-state index contributed by atoms with van der Waals surface area (Å²) in [5, 5.41) is 14.0. The zero-order chi connectivity index (χ0) is 13.0. The first-order valence-corrected chi connectivity index (χ1v) is 5.97. The molecule has 0 unspecified atom stereocenters. The molecule has 1 aromatic rings. The van der Waals surface area contributed by atoms with Crippen molar-refractivity contribution in [3.63, 3.8) is 0 Å². The molecule has 0 spiro atoms. The summed E-state index contributed by atoms with van der Waals surface area (Å²) in [6.45, 7) is 2.13. The predicted molar refractivity (Wildman–Crippen MR) is 74.6 cm³/mol. The van der Waals surface area contributed by atoms with E-state index in [1.165, 1.54) is 0 Å². The van der Waals surface area contributed by atoms with E-state index >= 15 is 0 Å². The lowest BCUT2D eigenvalue weighted by Crippen LogP contribution is -2.39. The first-order chi connectivity index (χ1) is 8.65. The molecule has 0 aliphatic carbocycles. The molecule has 2 heterocycles. The van der Waals surface area contributed by atoms with Gasteiger partial charge in [-0.3, -0.25) is 10.1 Å². The van der Waals surface area contributed by atoms with E-state index in [0.717, 1.165) is 31.3 Å². The largest absolute Gasteiger partial charge is 0.367 e. The minimum Gasteiger partial charge on any atom is -0.367 e. The molecule has 104 valence electrons. The Balaban J connectivity index is 0.00000180. The fraction of sp³-hybridized carbons (Fsp3) is 0.364. The van der Waals surface area contributed by atoms with Crippen LogP contribution in [0.15, 0.2) is 30.4 Å². The van der Waals surface area contributed by atoms with Crippen LogP contribution in [0.4, 0.5) is 0 Å². The third-order valence-corrected chi connectivity index (χ3v) is 2.86. The van der Waals surface area contributed by atoms with Crippen molar-refractivity contribution in [2.45, 2.75) is 13.0 Å². The van der Waals surface area contributed by atoms with Crippen LogP contribution in [0, 0.1) is 10.1 Å². The molecule has 0 amide bonds. The second-order valence-corrected chi connectivity index (χ2v) is 4.38. The molecule has 1 aromatic heterocycles. The first-order valence-electron chi connectivity index (χ1n) is 5.60. The Kier molecular flexibility index (Phi) is 5.85. The number of pyridine rings is 1. The number of hydrogen-bond acceptors (Lipinski definition) is 5. The molecule has 8 heteroatoms. The summed E-state index contributed by atoms with van der Waals surface area (Å²) in [5.74, 6) is 0.543. The van der Waals surface area contributed by atoms with E-state index in [1.807, 2.05) is 11.0 Å². The van der Waals surface area contributed by atoms with Crippen molar-refractivity contribution >= 4 is 24.0 Å². The van der Waals surface area contributed by atoms with Gasteiger partial charge in [-0.25, -0.2) is 4.98 Å². The number of aromatic nitrogens is 1. The van der Waals surface area contributed by atoms with Gasteiger partial charge in [0.05, 0.1) is 4.92 Å². The topological polar surface area (TPSA) is 71.3 Å². The molecular formula is C11H14Cl2N4O2. The Hall–Kier alpha value is -1.53. The highest BCUT2D eigenvalue weighted by atomic mass is 35.5. The van der Waals surface area contributed by atoms with E-state index in [2.05, 4.69) is 10.3 Å². The number of nitrogens with one attached hydrogen (secondary N) is 1. The van der Waals surface area contributed by atoms with Crippen LogP contribution in [-0.2, 0) is 6.54 Å². The summed E-state index contributed by atoms with van der Waals surface area (Å²) in [5.41, 5.74) is 0.970. The third kappa shape index (κ3) is 4.57. The van der Waals surface area contributed by atoms with Gasteiger partial charge in [-0.1, -0.05) is 17.7 Å². The van der Waals surface area contributed by atoms with Crippen LogP contribution in [0.2, 0.25) is 5.15 Å². The van der Waals surface area contributed by atoms with Crippen LogP contribution in [0.3, 0.4) is 0 Å². The molecule has 1 aliphatic heterocycles. The molecule has 0 radical (unpaired) electrons. The minimum atomic E-state index is -0.444. The second-order valence-electron chi connectivity index (χ2n) is 3.99. The fourth-order valence-corrected chi connectivity index (χ4v) is 1.94. The molecule has 6 nitrogen and oxygen atoms in total. The summed E-state index contributed by atoms with van der Waals surface area (Å²) >= 11 is 5.71. The zero-order valence-corrected chi connectivity index (χ0v) is 11.7. The highest BCUT2D eigenvalue weighted by molar-refractivity contribution is 6.29. The molecule has 1 aliphatic rings. The summed E-state index contributed by atoms with van der Waals surface area (Å²) in [6.07, 6.45) is 3.64. The van der Waals surface area contributed by atoms with E-state index < -0.39 is 4.92 Å². The highest BCUT2D eigenvalue weighted by Gasteiger charge is 2.17. The van der Waals surface area contributed by atoms with Gasteiger partial charge in [0.15, 0.2) is 5.82 Å². The summed E-state index contributed by atoms with van der Waals surface area (Å²) in [7, 11) is 0. The Morgan fingerprint density at radius 2 is 2.37 bits per heavy atom. The van der Waals surface area contributed by atoms with Crippen LogP contribution < -0.4 is 5.32 Å². The third-order valence-electron chi connectivity index (χ3n) is 2.64. The van der Waals surface area contributed by atoms with Crippen molar-refractivity contribution in [3.05, 3.63) is 51.2 Å². The van der Waals surface area contributed by atoms with Gasteiger partial charge in [-0.2, -0.15) is 0 Å². The molecule has 0 saturated carbocycles. The van der Waals surface area contributed by atoms with Gasteiger partial charge in [-0.15, -0.1) is 12.4 Å². The van der Waals surface area contributed by atoms with E-state index in [9.17, 15) is 10.1 Å². The SMILES string of the molecule is Cl.O=[N+]([O-])C=C1NCCCN1Cc1ccc(Cl)nc1. The normalized spacial score (nSPS) is 16.7. The van der Waals surface area contributed by atoms with Crippen LogP contribution in [0.1, 0.15) is 12.0 Å². The Morgan fingerprint density at radius 3 is 3.00 bits per heavy atom. The highest BCUT2D eigenvalue weighted by Crippen LogP contribution is 2.14. The van der Waals surface area contributed by atoms with Crippen LogP contribution in [0.25, 0.3) is 0 Å². The van der Waals surface area contributed by atoms with Gasteiger partial charge in [0.2, 0.25) is 0 Å². The van der Waals surface area contributed by atoms with Crippen molar-refractivity contribution in [1.29, 1.82) is 0 Å². The smallest absolute Gasteiger partial charge is 0.274 e. The van der Waals surface area contributed by atoms with Crippen LogP contribution in [-0.4, -0.2) is 27.9 Å². The molecule has 0 aromatic carbocycles. The maximum atomic E-state index is 10.5.